The summed E-state index contributed by atoms with van der Waals surface area (Å²) in [5, 5.41) is 0. The van der Waals surface area contributed by atoms with E-state index in [4.69, 9.17) is 4.74 Å². The zero-order chi connectivity index (χ0) is 9.97. The predicted molar refractivity (Wildman–Crippen MR) is 57.3 cm³/mol. The van der Waals surface area contributed by atoms with Crippen molar-refractivity contribution in [2.24, 2.45) is 0 Å². The van der Waals surface area contributed by atoms with E-state index >= 15 is 0 Å². The topological polar surface area (TPSA) is 12.5 Å². The minimum Gasteiger partial charge on any atom is -0.478 e. The molecule has 0 saturated heterocycles. The highest BCUT2D eigenvalue weighted by molar-refractivity contribution is 5.43. The van der Waals surface area contributed by atoms with Crippen LogP contribution in [0.4, 0.5) is 0 Å². The highest BCUT2D eigenvalue weighted by Crippen LogP contribution is 2.28. The second kappa shape index (κ2) is 3.84. The molecule has 0 atom stereocenters. The highest BCUT2D eigenvalue weighted by atomic mass is 16.5. The van der Waals surface area contributed by atoms with Crippen molar-refractivity contribution in [2.75, 3.05) is 13.8 Å². The lowest BCUT2D eigenvalue weighted by molar-refractivity contribution is 0.120. The van der Waals surface area contributed by atoms with Gasteiger partial charge in [0.1, 0.15) is 12.5 Å². The van der Waals surface area contributed by atoms with Gasteiger partial charge in [-0.2, -0.15) is 0 Å². The Morgan fingerprint density at radius 3 is 3.21 bits per heavy atom. The Labute approximate surface area is 84.8 Å². The van der Waals surface area contributed by atoms with Gasteiger partial charge in [0.15, 0.2) is 0 Å². The minimum absolute atomic E-state index is 0.682. The molecule has 0 aliphatic carbocycles. The van der Waals surface area contributed by atoms with Gasteiger partial charge in [0.2, 0.25) is 0 Å². The van der Waals surface area contributed by atoms with E-state index in [2.05, 4.69) is 36.7 Å². The molecule has 0 aromatic heterocycles. The van der Waals surface area contributed by atoms with Crippen LogP contribution in [0.1, 0.15) is 11.1 Å². The Morgan fingerprint density at radius 1 is 1.57 bits per heavy atom. The first-order valence-electron chi connectivity index (χ1n) is 4.84. The van der Waals surface area contributed by atoms with Gasteiger partial charge < -0.3 is 4.74 Å². The van der Waals surface area contributed by atoms with Crippen LogP contribution < -0.4 is 4.74 Å². The van der Waals surface area contributed by atoms with E-state index in [1.807, 2.05) is 6.08 Å². The number of rotatable bonds is 2. The first-order valence-corrected chi connectivity index (χ1v) is 4.84. The van der Waals surface area contributed by atoms with E-state index in [1.165, 1.54) is 11.1 Å². The maximum atomic E-state index is 5.70. The SMILES string of the molecule is C=CCc1cccc2c1OCN(C)C2. The van der Waals surface area contributed by atoms with Gasteiger partial charge in [-0.25, -0.2) is 0 Å². The maximum Gasteiger partial charge on any atom is 0.142 e. The van der Waals surface area contributed by atoms with Gasteiger partial charge in [0.25, 0.3) is 0 Å². The largest absolute Gasteiger partial charge is 0.478 e. The van der Waals surface area contributed by atoms with Crippen LogP contribution in [-0.2, 0) is 13.0 Å². The fourth-order valence-corrected chi connectivity index (χ4v) is 1.78. The summed E-state index contributed by atoms with van der Waals surface area (Å²) >= 11 is 0. The number of fused-ring (bicyclic) bond motifs is 1. The molecule has 14 heavy (non-hydrogen) atoms. The van der Waals surface area contributed by atoms with E-state index in [9.17, 15) is 0 Å². The standard InChI is InChI=1S/C12H15NO/c1-3-5-10-6-4-7-11-8-13(2)9-14-12(10)11/h3-4,6-7H,1,5,8-9H2,2H3. The van der Waals surface area contributed by atoms with Gasteiger partial charge in [0.05, 0.1) is 0 Å². The zero-order valence-corrected chi connectivity index (χ0v) is 8.49. The van der Waals surface area contributed by atoms with Crippen molar-refractivity contribution >= 4 is 0 Å². The number of allylic oxidation sites excluding steroid dienone is 1. The van der Waals surface area contributed by atoms with E-state index in [0.29, 0.717) is 6.73 Å². The van der Waals surface area contributed by atoms with Crippen molar-refractivity contribution in [2.45, 2.75) is 13.0 Å². The third kappa shape index (κ3) is 1.66. The molecule has 1 aromatic rings. The molecule has 1 aromatic carbocycles. The van der Waals surface area contributed by atoms with Crippen molar-refractivity contribution in [1.82, 2.24) is 4.90 Å². The normalized spacial score (nSPS) is 15.8. The first kappa shape index (κ1) is 9.28. The van der Waals surface area contributed by atoms with Gasteiger partial charge in [-0.05, 0) is 19.0 Å². The number of hydrogen-bond donors (Lipinski definition) is 0. The molecular weight excluding hydrogens is 174 g/mol. The Morgan fingerprint density at radius 2 is 2.43 bits per heavy atom. The molecule has 0 saturated carbocycles. The Bertz CT molecular complexity index is 346. The summed E-state index contributed by atoms with van der Waals surface area (Å²) in [6.45, 7) is 5.41. The molecule has 2 nitrogen and oxygen atoms in total. The lowest BCUT2D eigenvalue weighted by Gasteiger charge is -2.27. The molecule has 0 radical (unpaired) electrons. The second-order valence-electron chi connectivity index (χ2n) is 3.69. The number of benzene rings is 1. The lowest BCUT2D eigenvalue weighted by Crippen LogP contribution is -2.28. The van der Waals surface area contributed by atoms with E-state index in [1.54, 1.807) is 0 Å². The van der Waals surface area contributed by atoms with Gasteiger partial charge >= 0.3 is 0 Å². The average molecular weight is 189 g/mol. The predicted octanol–water partition coefficient (Wildman–Crippen LogP) is 2.20. The zero-order valence-electron chi connectivity index (χ0n) is 8.49. The molecule has 0 bridgehead atoms. The molecule has 1 aliphatic rings. The smallest absolute Gasteiger partial charge is 0.142 e. The van der Waals surface area contributed by atoms with Crippen molar-refractivity contribution in [1.29, 1.82) is 0 Å². The molecule has 0 spiro atoms. The number of para-hydroxylation sites is 1. The molecule has 0 N–H and O–H groups in total. The second-order valence-corrected chi connectivity index (χ2v) is 3.69. The molecule has 0 amide bonds. The molecule has 74 valence electrons. The summed E-state index contributed by atoms with van der Waals surface area (Å²) in [5.41, 5.74) is 2.52. The van der Waals surface area contributed by atoms with E-state index < -0.39 is 0 Å². The summed E-state index contributed by atoms with van der Waals surface area (Å²) in [4.78, 5) is 2.15. The maximum absolute atomic E-state index is 5.70. The Balaban J connectivity index is 2.36. The van der Waals surface area contributed by atoms with Crippen molar-refractivity contribution in [3.8, 4) is 5.75 Å². The molecule has 1 heterocycles. The fraction of sp³-hybridized carbons (Fsp3) is 0.333. The van der Waals surface area contributed by atoms with Crippen molar-refractivity contribution < 1.29 is 4.74 Å². The summed E-state index contributed by atoms with van der Waals surface area (Å²) < 4.78 is 5.70. The van der Waals surface area contributed by atoms with E-state index in [0.717, 1.165) is 18.7 Å². The molecule has 1 aliphatic heterocycles. The molecule has 2 heteroatoms. The molecular formula is C12H15NO. The quantitative estimate of drug-likeness (QED) is 0.661. The fourth-order valence-electron chi connectivity index (χ4n) is 1.78. The van der Waals surface area contributed by atoms with Gasteiger partial charge in [-0.1, -0.05) is 24.3 Å². The van der Waals surface area contributed by atoms with E-state index in [-0.39, 0.29) is 0 Å². The summed E-state index contributed by atoms with van der Waals surface area (Å²) in [6, 6.07) is 6.31. The first-order chi connectivity index (χ1) is 6.81. The third-order valence-electron chi connectivity index (χ3n) is 2.41. The molecule has 0 unspecified atom stereocenters. The van der Waals surface area contributed by atoms with Crippen LogP contribution in [0.25, 0.3) is 0 Å². The number of hydrogen-bond acceptors (Lipinski definition) is 2. The molecule has 2 rings (SSSR count). The third-order valence-corrected chi connectivity index (χ3v) is 2.41. The minimum atomic E-state index is 0.682. The highest BCUT2D eigenvalue weighted by Gasteiger charge is 2.16. The van der Waals surface area contributed by atoms with Crippen LogP contribution in [0.3, 0.4) is 0 Å². The monoisotopic (exact) mass is 189 g/mol. The van der Waals surface area contributed by atoms with Crippen LogP contribution in [-0.4, -0.2) is 18.7 Å². The van der Waals surface area contributed by atoms with Crippen LogP contribution in [0.5, 0.6) is 5.75 Å². The summed E-state index contributed by atoms with van der Waals surface area (Å²) in [7, 11) is 2.06. The Hall–Kier alpha value is -1.28. The molecule has 0 fully saturated rings. The summed E-state index contributed by atoms with van der Waals surface area (Å²) in [5.74, 6) is 1.06. The number of nitrogens with zero attached hydrogens (tertiary/aromatic N) is 1. The van der Waals surface area contributed by atoms with Crippen LogP contribution >= 0.6 is 0 Å². The van der Waals surface area contributed by atoms with Crippen molar-refractivity contribution in [3.63, 3.8) is 0 Å². The summed E-state index contributed by atoms with van der Waals surface area (Å²) in [6.07, 6.45) is 2.80. The Kier molecular flexibility index (Phi) is 2.55. The van der Waals surface area contributed by atoms with Crippen LogP contribution in [0, 0.1) is 0 Å². The van der Waals surface area contributed by atoms with Crippen LogP contribution in [0.2, 0.25) is 0 Å². The lowest BCUT2D eigenvalue weighted by atomic mass is 10.0. The van der Waals surface area contributed by atoms with Gasteiger partial charge in [-0.3, -0.25) is 4.90 Å². The van der Waals surface area contributed by atoms with Gasteiger partial charge in [-0.15, -0.1) is 6.58 Å². The van der Waals surface area contributed by atoms with Gasteiger partial charge in [0, 0.05) is 12.1 Å². The van der Waals surface area contributed by atoms with Crippen LogP contribution in [0.15, 0.2) is 30.9 Å². The number of ether oxygens (including phenoxy) is 1. The van der Waals surface area contributed by atoms with Crippen molar-refractivity contribution in [3.05, 3.63) is 42.0 Å². The average Bonchev–Trinajstić information content (AvgIpc) is 2.18.